The SMILES string of the molecule is COCCNC(=O)C(c1ccccc1)N(Cc1ccccc1)C(=O)CCc1ccc(S(=O)(=O)NC2CC2)cc1. The van der Waals surface area contributed by atoms with Crippen molar-refractivity contribution in [2.45, 2.75) is 49.2 Å². The van der Waals surface area contributed by atoms with Gasteiger partial charge in [0.05, 0.1) is 11.5 Å². The van der Waals surface area contributed by atoms with E-state index >= 15 is 0 Å². The van der Waals surface area contributed by atoms with Gasteiger partial charge < -0.3 is 15.0 Å². The predicted molar refractivity (Wildman–Crippen MR) is 149 cm³/mol. The van der Waals surface area contributed by atoms with E-state index in [9.17, 15) is 18.0 Å². The van der Waals surface area contributed by atoms with Crippen molar-refractivity contribution < 1.29 is 22.7 Å². The van der Waals surface area contributed by atoms with Gasteiger partial charge in [-0.25, -0.2) is 13.1 Å². The number of nitrogens with zero attached hydrogens (tertiary/aromatic N) is 1. The van der Waals surface area contributed by atoms with Crippen LogP contribution in [0.5, 0.6) is 0 Å². The molecule has 2 N–H and O–H groups in total. The van der Waals surface area contributed by atoms with E-state index in [0.29, 0.717) is 19.6 Å². The van der Waals surface area contributed by atoms with E-state index in [1.54, 1.807) is 36.3 Å². The van der Waals surface area contributed by atoms with Crippen molar-refractivity contribution >= 4 is 21.8 Å². The largest absolute Gasteiger partial charge is 0.383 e. The summed E-state index contributed by atoms with van der Waals surface area (Å²) in [6, 6.07) is 24.7. The van der Waals surface area contributed by atoms with Gasteiger partial charge in [-0.05, 0) is 48.1 Å². The van der Waals surface area contributed by atoms with E-state index < -0.39 is 16.1 Å². The molecule has 8 nitrogen and oxygen atoms in total. The summed E-state index contributed by atoms with van der Waals surface area (Å²) in [5.41, 5.74) is 2.47. The van der Waals surface area contributed by atoms with E-state index in [2.05, 4.69) is 10.0 Å². The van der Waals surface area contributed by atoms with Gasteiger partial charge in [-0.1, -0.05) is 72.8 Å². The van der Waals surface area contributed by atoms with E-state index in [0.717, 1.165) is 29.5 Å². The van der Waals surface area contributed by atoms with Crippen LogP contribution in [0.4, 0.5) is 0 Å². The minimum absolute atomic E-state index is 0.0344. The summed E-state index contributed by atoms with van der Waals surface area (Å²) in [5.74, 6) is -0.457. The monoisotopic (exact) mass is 549 g/mol. The molecule has 0 bridgehead atoms. The molecule has 1 aliphatic carbocycles. The number of benzene rings is 3. The molecule has 0 saturated heterocycles. The molecule has 1 fully saturated rings. The average molecular weight is 550 g/mol. The van der Waals surface area contributed by atoms with Crippen molar-refractivity contribution in [3.05, 3.63) is 102 Å². The van der Waals surface area contributed by atoms with Crippen molar-refractivity contribution in [2.24, 2.45) is 0 Å². The van der Waals surface area contributed by atoms with Crippen molar-refractivity contribution in [2.75, 3.05) is 20.3 Å². The number of ether oxygens (including phenoxy) is 1. The Bertz CT molecular complexity index is 1330. The molecule has 0 aliphatic heterocycles. The van der Waals surface area contributed by atoms with Crippen molar-refractivity contribution in [3.63, 3.8) is 0 Å². The van der Waals surface area contributed by atoms with Crippen LogP contribution in [-0.4, -0.2) is 51.4 Å². The van der Waals surface area contributed by atoms with Crippen LogP contribution >= 0.6 is 0 Å². The van der Waals surface area contributed by atoms with Gasteiger partial charge >= 0.3 is 0 Å². The highest BCUT2D eigenvalue weighted by Crippen LogP contribution is 2.26. The lowest BCUT2D eigenvalue weighted by molar-refractivity contribution is -0.141. The number of rotatable bonds is 14. The van der Waals surface area contributed by atoms with E-state index in [4.69, 9.17) is 4.74 Å². The van der Waals surface area contributed by atoms with Crippen molar-refractivity contribution in [1.82, 2.24) is 14.9 Å². The van der Waals surface area contributed by atoms with Crippen molar-refractivity contribution in [3.8, 4) is 0 Å². The summed E-state index contributed by atoms with van der Waals surface area (Å²) in [5, 5.41) is 2.89. The lowest BCUT2D eigenvalue weighted by Crippen LogP contribution is -2.44. The van der Waals surface area contributed by atoms with Gasteiger partial charge in [0.2, 0.25) is 21.8 Å². The van der Waals surface area contributed by atoms with Gasteiger partial charge in [0.25, 0.3) is 0 Å². The fourth-order valence-electron chi connectivity index (χ4n) is 4.30. The van der Waals surface area contributed by atoms with Gasteiger partial charge in [-0.3, -0.25) is 9.59 Å². The third kappa shape index (κ3) is 8.23. The number of amides is 2. The van der Waals surface area contributed by atoms with E-state index in [1.165, 1.54) is 0 Å². The summed E-state index contributed by atoms with van der Waals surface area (Å²) in [4.78, 5) is 29.0. The van der Waals surface area contributed by atoms with Crippen LogP contribution in [-0.2, 0) is 37.3 Å². The second-order valence-electron chi connectivity index (χ2n) is 9.64. The summed E-state index contributed by atoms with van der Waals surface area (Å²) in [6.07, 6.45) is 2.31. The smallest absolute Gasteiger partial charge is 0.247 e. The summed E-state index contributed by atoms with van der Waals surface area (Å²) in [6.45, 7) is 0.958. The minimum Gasteiger partial charge on any atom is -0.383 e. The van der Waals surface area contributed by atoms with Gasteiger partial charge in [-0.2, -0.15) is 0 Å². The van der Waals surface area contributed by atoms with Crippen LogP contribution in [0.3, 0.4) is 0 Å². The number of methoxy groups -OCH3 is 1. The molecule has 2 amide bonds. The third-order valence-corrected chi connectivity index (χ3v) is 8.09. The molecule has 9 heteroatoms. The first-order valence-electron chi connectivity index (χ1n) is 13.1. The van der Waals surface area contributed by atoms with Crippen LogP contribution in [0.15, 0.2) is 89.8 Å². The molecule has 3 aromatic carbocycles. The molecule has 3 aromatic rings. The third-order valence-electron chi connectivity index (χ3n) is 6.56. The van der Waals surface area contributed by atoms with E-state index in [1.807, 2.05) is 60.7 Å². The molecule has 1 aliphatic rings. The Morgan fingerprint density at radius 3 is 2.18 bits per heavy atom. The quantitative estimate of drug-likeness (QED) is 0.299. The van der Waals surface area contributed by atoms with Gasteiger partial charge in [0.1, 0.15) is 6.04 Å². The maximum Gasteiger partial charge on any atom is 0.247 e. The number of aryl methyl sites for hydroxylation is 1. The van der Waals surface area contributed by atoms with Gasteiger partial charge in [0, 0.05) is 32.7 Å². The fraction of sp³-hybridized carbons (Fsp3) is 0.333. The molecule has 4 rings (SSSR count). The number of nitrogens with one attached hydrogen (secondary N) is 2. The lowest BCUT2D eigenvalue weighted by atomic mass is 10.0. The summed E-state index contributed by atoms with van der Waals surface area (Å²) in [7, 11) is -1.97. The van der Waals surface area contributed by atoms with Crippen LogP contribution in [0.1, 0.15) is 42.0 Å². The minimum atomic E-state index is -3.53. The maximum atomic E-state index is 13.7. The zero-order chi connectivity index (χ0) is 27.7. The second-order valence-corrected chi connectivity index (χ2v) is 11.4. The molecule has 0 heterocycles. The Hall–Kier alpha value is -3.53. The number of carbonyl (C=O) groups is 2. The maximum absolute atomic E-state index is 13.7. The first kappa shape index (κ1) is 28.5. The summed E-state index contributed by atoms with van der Waals surface area (Å²) < 4.78 is 32.7. The second kappa shape index (κ2) is 13.5. The molecule has 1 unspecified atom stereocenters. The van der Waals surface area contributed by atoms with E-state index in [-0.39, 0.29) is 35.7 Å². The molecule has 1 saturated carbocycles. The fourth-order valence-corrected chi connectivity index (χ4v) is 5.61. The summed E-state index contributed by atoms with van der Waals surface area (Å²) >= 11 is 0. The molecular formula is C30H35N3O5S. The Labute approximate surface area is 230 Å². The Balaban J connectivity index is 1.53. The predicted octanol–water partition coefficient (Wildman–Crippen LogP) is 3.59. The number of carbonyl (C=O) groups excluding carboxylic acids is 2. The molecule has 0 radical (unpaired) electrons. The van der Waals surface area contributed by atoms with Crippen LogP contribution in [0, 0.1) is 0 Å². The molecule has 1 atom stereocenters. The average Bonchev–Trinajstić information content (AvgIpc) is 3.76. The topological polar surface area (TPSA) is 105 Å². The Kier molecular flexibility index (Phi) is 9.86. The zero-order valence-electron chi connectivity index (χ0n) is 22.1. The number of hydrogen-bond acceptors (Lipinski definition) is 5. The first-order chi connectivity index (χ1) is 18.9. The molecule has 0 spiro atoms. The molecule has 0 aromatic heterocycles. The normalized spacial score (nSPS) is 14.0. The number of sulfonamides is 1. The van der Waals surface area contributed by atoms with Gasteiger partial charge in [-0.15, -0.1) is 0 Å². The van der Waals surface area contributed by atoms with Gasteiger partial charge in [0.15, 0.2) is 0 Å². The lowest BCUT2D eigenvalue weighted by Gasteiger charge is -2.32. The van der Waals surface area contributed by atoms with Crippen LogP contribution in [0.25, 0.3) is 0 Å². The first-order valence-corrected chi connectivity index (χ1v) is 14.6. The van der Waals surface area contributed by atoms with Crippen LogP contribution in [0.2, 0.25) is 0 Å². The number of hydrogen-bond donors (Lipinski definition) is 2. The zero-order valence-corrected chi connectivity index (χ0v) is 22.9. The molecular weight excluding hydrogens is 514 g/mol. The molecule has 206 valence electrons. The van der Waals surface area contributed by atoms with Crippen molar-refractivity contribution in [1.29, 1.82) is 0 Å². The Morgan fingerprint density at radius 2 is 1.56 bits per heavy atom. The Morgan fingerprint density at radius 1 is 0.923 bits per heavy atom. The highest BCUT2D eigenvalue weighted by Gasteiger charge is 2.31. The molecule has 39 heavy (non-hydrogen) atoms. The highest BCUT2D eigenvalue weighted by atomic mass is 32.2. The standard InChI is InChI=1S/C30H35N3O5S/c1-38-21-20-31-30(35)29(25-10-6-3-7-11-25)33(22-24-8-4-2-5-9-24)28(34)19-14-23-12-17-27(18-13-23)39(36,37)32-26-15-16-26/h2-13,17-18,26,29,32H,14-16,19-22H2,1H3,(H,31,35). The van der Waals surface area contributed by atoms with Crippen LogP contribution < -0.4 is 10.0 Å². The highest BCUT2D eigenvalue weighted by molar-refractivity contribution is 7.89.